The lowest BCUT2D eigenvalue weighted by Crippen LogP contribution is -2.24. The first-order valence-corrected chi connectivity index (χ1v) is 9.07. The van der Waals surface area contributed by atoms with Gasteiger partial charge >= 0.3 is 0 Å². The van der Waals surface area contributed by atoms with Crippen LogP contribution < -0.4 is 4.72 Å². The molecular formula is C16H24N2O2S. The molecule has 1 rings (SSSR count). The van der Waals surface area contributed by atoms with Crippen LogP contribution in [-0.2, 0) is 10.0 Å². The summed E-state index contributed by atoms with van der Waals surface area (Å²) in [6, 6.07) is 10.6. The molecule has 0 aliphatic heterocycles. The maximum atomic E-state index is 11.9. The molecule has 0 saturated heterocycles. The number of nitrogens with one attached hydrogen (secondary N) is 1. The number of benzene rings is 1. The first-order valence-electron chi connectivity index (χ1n) is 7.58. The molecule has 0 spiro atoms. The second-order valence-corrected chi connectivity index (χ2v) is 6.86. The molecule has 0 radical (unpaired) electrons. The molecule has 0 heterocycles. The Morgan fingerprint density at radius 1 is 0.905 bits per heavy atom. The Morgan fingerprint density at radius 2 is 1.48 bits per heavy atom. The van der Waals surface area contributed by atoms with Crippen molar-refractivity contribution in [3.8, 4) is 6.07 Å². The first kappa shape index (κ1) is 17.7. The van der Waals surface area contributed by atoms with Crippen molar-refractivity contribution < 1.29 is 8.42 Å². The largest absolute Gasteiger partial charge is 0.240 e. The van der Waals surface area contributed by atoms with Crippen LogP contribution in [0.4, 0.5) is 0 Å². The van der Waals surface area contributed by atoms with Crippen LogP contribution in [0.1, 0.15) is 51.4 Å². The Kier molecular flexibility index (Phi) is 8.72. The van der Waals surface area contributed by atoms with Crippen LogP contribution in [0.3, 0.4) is 0 Å². The zero-order valence-corrected chi connectivity index (χ0v) is 13.2. The minimum absolute atomic E-state index is 0.322. The summed E-state index contributed by atoms with van der Waals surface area (Å²) in [5.74, 6) is 0. The van der Waals surface area contributed by atoms with E-state index >= 15 is 0 Å². The van der Waals surface area contributed by atoms with Gasteiger partial charge in [-0.15, -0.1) is 0 Å². The Labute approximate surface area is 128 Å². The van der Waals surface area contributed by atoms with Crippen molar-refractivity contribution in [3.05, 3.63) is 30.3 Å². The van der Waals surface area contributed by atoms with Gasteiger partial charge in [-0.25, -0.2) is 13.1 Å². The number of unbranched alkanes of at least 4 members (excludes halogenated alkanes) is 7. The summed E-state index contributed by atoms with van der Waals surface area (Å²) >= 11 is 0. The van der Waals surface area contributed by atoms with Crippen LogP contribution in [0.5, 0.6) is 0 Å². The van der Waals surface area contributed by atoms with Crippen LogP contribution in [0.25, 0.3) is 0 Å². The number of hydrogen-bond donors (Lipinski definition) is 1. The van der Waals surface area contributed by atoms with Gasteiger partial charge in [0.05, 0.1) is 11.0 Å². The Hall–Kier alpha value is -1.38. The summed E-state index contributed by atoms with van der Waals surface area (Å²) in [7, 11) is -3.35. The summed E-state index contributed by atoms with van der Waals surface area (Å²) in [4.78, 5) is 0.322. The van der Waals surface area contributed by atoms with Crippen molar-refractivity contribution in [1.29, 1.82) is 5.26 Å². The quantitative estimate of drug-likeness (QED) is 0.635. The highest BCUT2D eigenvalue weighted by Crippen LogP contribution is 2.09. The fraction of sp³-hybridized carbons (Fsp3) is 0.562. The number of hydrogen-bond acceptors (Lipinski definition) is 3. The molecule has 0 aliphatic carbocycles. The summed E-state index contributed by atoms with van der Waals surface area (Å²) in [6.07, 6.45) is 8.12. The lowest BCUT2D eigenvalue weighted by atomic mass is 10.1. The molecule has 116 valence electrons. The Morgan fingerprint density at radius 3 is 2.10 bits per heavy atom. The summed E-state index contributed by atoms with van der Waals surface area (Å²) in [6.45, 7) is 0.492. The van der Waals surface area contributed by atoms with Gasteiger partial charge in [-0.1, -0.05) is 50.3 Å². The molecule has 0 aromatic heterocycles. The van der Waals surface area contributed by atoms with E-state index in [4.69, 9.17) is 5.26 Å². The van der Waals surface area contributed by atoms with Crippen molar-refractivity contribution in [2.45, 2.75) is 56.3 Å². The van der Waals surface area contributed by atoms with Gasteiger partial charge in [0, 0.05) is 13.0 Å². The van der Waals surface area contributed by atoms with Crippen LogP contribution in [0, 0.1) is 11.3 Å². The summed E-state index contributed by atoms with van der Waals surface area (Å²) in [5.41, 5.74) is 0. The molecule has 0 unspecified atom stereocenters. The molecule has 21 heavy (non-hydrogen) atoms. The Bertz CT molecular complexity index is 521. The van der Waals surface area contributed by atoms with Crippen molar-refractivity contribution in [3.63, 3.8) is 0 Å². The lowest BCUT2D eigenvalue weighted by molar-refractivity contribution is 0.561. The van der Waals surface area contributed by atoms with Gasteiger partial charge in [0.1, 0.15) is 0 Å². The van der Waals surface area contributed by atoms with Gasteiger partial charge in [0.2, 0.25) is 10.0 Å². The topological polar surface area (TPSA) is 70.0 Å². The molecule has 4 nitrogen and oxygen atoms in total. The average molecular weight is 308 g/mol. The molecule has 1 N–H and O–H groups in total. The second-order valence-electron chi connectivity index (χ2n) is 5.09. The summed E-state index contributed by atoms with van der Waals surface area (Å²) < 4.78 is 26.5. The van der Waals surface area contributed by atoms with Crippen LogP contribution >= 0.6 is 0 Å². The van der Waals surface area contributed by atoms with E-state index in [9.17, 15) is 8.42 Å². The third-order valence-corrected chi connectivity index (χ3v) is 4.79. The molecule has 0 bridgehead atoms. The number of nitriles is 1. The van der Waals surface area contributed by atoms with Crippen LogP contribution in [0.2, 0.25) is 0 Å². The number of nitrogens with zero attached hydrogens (tertiary/aromatic N) is 1. The molecule has 0 aliphatic rings. The summed E-state index contributed by atoms with van der Waals surface area (Å²) in [5, 5.41) is 8.41. The van der Waals surface area contributed by atoms with Gasteiger partial charge < -0.3 is 0 Å². The van der Waals surface area contributed by atoms with Crippen molar-refractivity contribution >= 4 is 10.0 Å². The van der Waals surface area contributed by atoms with E-state index in [1.807, 2.05) is 0 Å². The van der Waals surface area contributed by atoms with E-state index in [2.05, 4.69) is 10.8 Å². The zero-order chi connectivity index (χ0) is 15.4. The third-order valence-electron chi connectivity index (χ3n) is 3.31. The minimum atomic E-state index is -3.35. The van der Waals surface area contributed by atoms with E-state index in [0.29, 0.717) is 17.9 Å². The second kappa shape index (κ2) is 10.4. The predicted octanol–water partition coefficient (Wildman–Crippen LogP) is 3.61. The van der Waals surface area contributed by atoms with Crippen LogP contribution in [0.15, 0.2) is 35.2 Å². The molecule has 1 aromatic carbocycles. The minimum Gasteiger partial charge on any atom is -0.211 e. The molecular weight excluding hydrogens is 284 g/mol. The standard InChI is InChI=1S/C16H24N2O2S/c17-14-10-5-3-1-2-4-6-11-15-18-21(19,20)16-12-8-7-9-13-16/h7-9,12-13,18H,1-6,10-11,15H2. The maximum absolute atomic E-state index is 11.9. The van der Waals surface area contributed by atoms with Crippen LogP contribution in [-0.4, -0.2) is 15.0 Å². The molecule has 0 fully saturated rings. The van der Waals surface area contributed by atoms with Crippen molar-refractivity contribution in [1.82, 2.24) is 4.72 Å². The van der Waals surface area contributed by atoms with Gasteiger partial charge in [0.25, 0.3) is 0 Å². The SMILES string of the molecule is N#CCCCCCCCCCNS(=O)(=O)c1ccccc1. The highest BCUT2D eigenvalue weighted by molar-refractivity contribution is 7.89. The normalized spacial score (nSPS) is 11.2. The van der Waals surface area contributed by atoms with Gasteiger partial charge in [-0.05, 0) is 25.0 Å². The average Bonchev–Trinajstić information content (AvgIpc) is 2.50. The molecule has 1 aromatic rings. The molecule has 5 heteroatoms. The fourth-order valence-corrected chi connectivity index (χ4v) is 3.20. The van der Waals surface area contributed by atoms with E-state index in [1.165, 1.54) is 0 Å². The smallest absolute Gasteiger partial charge is 0.211 e. The Balaban J connectivity index is 2.06. The van der Waals surface area contributed by atoms with Crippen molar-refractivity contribution in [2.24, 2.45) is 0 Å². The maximum Gasteiger partial charge on any atom is 0.240 e. The fourth-order valence-electron chi connectivity index (χ4n) is 2.10. The highest BCUT2D eigenvalue weighted by Gasteiger charge is 2.11. The number of sulfonamides is 1. The first-order chi connectivity index (χ1) is 10.2. The third kappa shape index (κ3) is 7.84. The van der Waals surface area contributed by atoms with E-state index in [-0.39, 0.29) is 0 Å². The van der Waals surface area contributed by atoms with Crippen molar-refractivity contribution in [2.75, 3.05) is 6.54 Å². The molecule has 0 atom stereocenters. The molecule has 0 amide bonds. The van der Waals surface area contributed by atoms with Gasteiger partial charge in [-0.2, -0.15) is 5.26 Å². The van der Waals surface area contributed by atoms with Gasteiger partial charge in [-0.3, -0.25) is 0 Å². The van der Waals surface area contributed by atoms with E-state index < -0.39 is 10.0 Å². The zero-order valence-electron chi connectivity index (χ0n) is 12.4. The lowest BCUT2D eigenvalue weighted by Gasteiger charge is -2.06. The molecule has 0 saturated carbocycles. The number of rotatable bonds is 11. The highest BCUT2D eigenvalue weighted by atomic mass is 32.2. The van der Waals surface area contributed by atoms with Gasteiger partial charge in [0.15, 0.2) is 0 Å². The van der Waals surface area contributed by atoms with E-state index in [1.54, 1.807) is 30.3 Å². The van der Waals surface area contributed by atoms with E-state index in [0.717, 1.165) is 44.9 Å². The monoisotopic (exact) mass is 308 g/mol. The predicted molar refractivity (Wildman–Crippen MR) is 84.2 cm³/mol.